The summed E-state index contributed by atoms with van der Waals surface area (Å²) < 4.78 is 5.58. The van der Waals surface area contributed by atoms with E-state index >= 15 is 0 Å². The summed E-state index contributed by atoms with van der Waals surface area (Å²) >= 11 is 0. The summed E-state index contributed by atoms with van der Waals surface area (Å²) in [6.07, 6.45) is 3.62. The van der Waals surface area contributed by atoms with Crippen LogP contribution in [-0.2, 0) is 4.79 Å². The number of amides is 1. The Morgan fingerprint density at radius 3 is 2.36 bits per heavy atom. The summed E-state index contributed by atoms with van der Waals surface area (Å²) in [5, 5.41) is 2.82. The number of rotatable bonds is 8. The van der Waals surface area contributed by atoms with Crippen LogP contribution in [-0.4, -0.2) is 11.9 Å². The van der Waals surface area contributed by atoms with Crippen LogP contribution in [0.15, 0.2) is 54.6 Å². The number of hydrogen-bond acceptors (Lipinski definition) is 3. The Morgan fingerprint density at radius 2 is 1.68 bits per heavy atom. The van der Waals surface area contributed by atoms with E-state index in [2.05, 4.69) is 12.2 Å². The Bertz CT molecular complexity index is 697. The van der Waals surface area contributed by atoms with E-state index < -0.39 is 0 Å². The number of carbonyl (C=O) groups excluding carboxylic acids is 2. The van der Waals surface area contributed by atoms with E-state index in [1.807, 2.05) is 13.0 Å². The second-order valence-electron chi connectivity index (χ2n) is 5.98. The Labute approximate surface area is 149 Å². The number of para-hydroxylation sites is 2. The molecular weight excluding hydrogens is 314 g/mol. The molecule has 4 heteroatoms. The molecule has 0 heterocycles. The lowest BCUT2D eigenvalue weighted by Crippen LogP contribution is -2.21. The highest BCUT2D eigenvalue weighted by molar-refractivity contribution is 6.05. The third kappa shape index (κ3) is 5.45. The first-order chi connectivity index (χ1) is 12.2. The topological polar surface area (TPSA) is 55.4 Å². The molecule has 1 N–H and O–H groups in total. The van der Waals surface area contributed by atoms with Crippen molar-refractivity contribution in [3.05, 3.63) is 60.2 Å². The van der Waals surface area contributed by atoms with Crippen molar-refractivity contribution >= 4 is 17.6 Å². The van der Waals surface area contributed by atoms with E-state index in [-0.39, 0.29) is 17.8 Å². The molecular formula is C21H25NO3. The van der Waals surface area contributed by atoms with Gasteiger partial charge >= 0.3 is 5.97 Å². The van der Waals surface area contributed by atoms with Crippen molar-refractivity contribution in [2.75, 3.05) is 5.32 Å². The molecule has 2 aromatic carbocycles. The number of anilines is 1. The Kier molecular flexibility index (Phi) is 7.20. The number of unbranched alkanes of at least 4 members (excludes halogenated alkanes) is 1. The molecule has 0 saturated carbocycles. The first kappa shape index (κ1) is 18.7. The SMILES string of the molecule is CCCC[C@H](CC)C(=O)Oc1ccccc1NC(=O)c1ccccc1. The molecule has 0 aromatic heterocycles. The molecule has 0 aliphatic heterocycles. The highest BCUT2D eigenvalue weighted by Gasteiger charge is 2.20. The van der Waals surface area contributed by atoms with E-state index in [0.717, 1.165) is 25.7 Å². The molecule has 2 aromatic rings. The van der Waals surface area contributed by atoms with Gasteiger partial charge < -0.3 is 10.1 Å². The zero-order valence-corrected chi connectivity index (χ0v) is 14.8. The molecule has 0 spiro atoms. The predicted molar refractivity (Wildman–Crippen MR) is 99.8 cm³/mol. The third-order valence-electron chi connectivity index (χ3n) is 4.11. The van der Waals surface area contributed by atoms with Crippen molar-refractivity contribution in [3.8, 4) is 5.75 Å². The van der Waals surface area contributed by atoms with Crippen LogP contribution in [0.5, 0.6) is 5.75 Å². The molecule has 132 valence electrons. The largest absolute Gasteiger partial charge is 0.424 e. The van der Waals surface area contributed by atoms with Crippen LogP contribution in [0.25, 0.3) is 0 Å². The quantitative estimate of drug-likeness (QED) is 0.540. The summed E-state index contributed by atoms with van der Waals surface area (Å²) in [5.41, 5.74) is 1.05. The fourth-order valence-electron chi connectivity index (χ4n) is 2.57. The van der Waals surface area contributed by atoms with Crippen molar-refractivity contribution in [2.24, 2.45) is 5.92 Å². The summed E-state index contributed by atoms with van der Waals surface area (Å²) in [5.74, 6) is -0.205. The van der Waals surface area contributed by atoms with Gasteiger partial charge in [-0.15, -0.1) is 0 Å². The van der Waals surface area contributed by atoms with Crippen LogP contribution < -0.4 is 10.1 Å². The van der Waals surface area contributed by atoms with E-state index in [1.165, 1.54) is 0 Å². The first-order valence-electron chi connectivity index (χ1n) is 8.82. The van der Waals surface area contributed by atoms with Crippen molar-refractivity contribution < 1.29 is 14.3 Å². The van der Waals surface area contributed by atoms with Crippen molar-refractivity contribution in [1.82, 2.24) is 0 Å². The predicted octanol–water partition coefficient (Wildman–Crippen LogP) is 5.06. The molecule has 2 rings (SSSR count). The second-order valence-corrected chi connectivity index (χ2v) is 5.98. The Morgan fingerprint density at radius 1 is 1.00 bits per heavy atom. The number of hydrogen-bond donors (Lipinski definition) is 1. The molecule has 4 nitrogen and oxygen atoms in total. The summed E-state index contributed by atoms with van der Waals surface area (Å²) in [6, 6.07) is 16.0. The van der Waals surface area contributed by atoms with E-state index in [1.54, 1.807) is 48.5 Å². The normalized spacial score (nSPS) is 11.6. The second kappa shape index (κ2) is 9.62. The van der Waals surface area contributed by atoms with Gasteiger partial charge in [-0.25, -0.2) is 0 Å². The molecule has 0 aliphatic rings. The van der Waals surface area contributed by atoms with Crippen LogP contribution in [0.2, 0.25) is 0 Å². The van der Waals surface area contributed by atoms with Gasteiger partial charge in [0.05, 0.1) is 11.6 Å². The highest BCUT2D eigenvalue weighted by atomic mass is 16.5. The fourth-order valence-corrected chi connectivity index (χ4v) is 2.57. The zero-order valence-electron chi connectivity index (χ0n) is 14.8. The van der Waals surface area contributed by atoms with Gasteiger partial charge in [-0.05, 0) is 37.1 Å². The molecule has 0 saturated heterocycles. The van der Waals surface area contributed by atoms with Gasteiger partial charge in [0.1, 0.15) is 0 Å². The number of nitrogens with one attached hydrogen (secondary N) is 1. The standard InChI is InChI=1S/C21H25NO3/c1-3-5-11-16(4-2)21(24)25-19-15-10-9-14-18(19)22-20(23)17-12-7-6-8-13-17/h6-10,12-16H,3-5,11H2,1-2H3,(H,22,23)/t16-/m0/s1. The molecule has 1 atom stereocenters. The van der Waals surface area contributed by atoms with E-state index in [0.29, 0.717) is 17.0 Å². The van der Waals surface area contributed by atoms with Gasteiger partial charge in [0.15, 0.2) is 5.75 Å². The van der Waals surface area contributed by atoms with E-state index in [4.69, 9.17) is 4.74 Å². The molecule has 0 fully saturated rings. The molecule has 1 amide bonds. The van der Waals surface area contributed by atoms with Crippen LogP contribution in [0, 0.1) is 5.92 Å². The smallest absolute Gasteiger partial charge is 0.314 e. The maximum atomic E-state index is 12.4. The average molecular weight is 339 g/mol. The maximum Gasteiger partial charge on any atom is 0.314 e. The van der Waals surface area contributed by atoms with Crippen LogP contribution in [0.4, 0.5) is 5.69 Å². The van der Waals surface area contributed by atoms with Gasteiger partial charge in [-0.3, -0.25) is 9.59 Å². The van der Waals surface area contributed by atoms with Crippen molar-refractivity contribution in [1.29, 1.82) is 0 Å². The van der Waals surface area contributed by atoms with E-state index in [9.17, 15) is 9.59 Å². The van der Waals surface area contributed by atoms with Gasteiger partial charge in [0.25, 0.3) is 5.91 Å². The number of esters is 1. The molecule has 0 aliphatic carbocycles. The minimum Gasteiger partial charge on any atom is -0.424 e. The van der Waals surface area contributed by atoms with Crippen LogP contribution in [0.1, 0.15) is 49.9 Å². The third-order valence-corrected chi connectivity index (χ3v) is 4.11. The molecule has 0 bridgehead atoms. The first-order valence-corrected chi connectivity index (χ1v) is 8.82. The van der Waals surface area contributed by atoms with Crippen molar-refractivity contribution in [2.45, 2.75) is 39.5 Å². The van der Waals surface area contributed by atoms with Gasteiger partial charge in [0.2, 0.25) is 0 Å². The monoisotopic (exact) mass is 339 g/mol. The van der Waals surface area contributed by atoms with Gasteiger partial charge in [-0.1, -0.05) is 57.0 Å². The lowest BCUT2D eigenvalue weighted by molar-refractivity contribution is -0.139. The summed E-state index contributed by atoms with van der Waals surface area (Å²) in [7, 11) is 0. The minimum atomic E-state index is -0.239. The summed E-state index contributed by atoms with van der Waals surface area (Å²) in [4.78, 5) is 24.8. The Hall–Kier alpha value is -2.62. The highest BCUT2D eigenvalue weighted by Crippen LogP contribution is 2.26. The molecule has 0 unspecified atom stereocenters. The molecule has 0 radical (unpaired) electrons. The van der Waals surface area contributed by atoms with Crippen LogP contribution >= 0.6 is 0 Å². The Balaban J connectivity index is 2.09. The average Bonchev–Trinajstić information content (AvgIpc) is 2.64. The lowest BCUT2D eigenvalue weighted by Gasteiger charge is -2.16. The lowest BCUT2D eigenvalue weighted by atomic mass is 10.00. The fraction of sp³-hybridized carbons (Fsp3) is 0.333. The van der Waals surface area contributed by atoms with Gasteiger partial charge in [0, 0.05) is 5.56 Å². The minimum absolute atomic E-state index is 0.113. The van der Waals surface area contributed by atoms with Crippen LogP contribution in [0.3, 0.4) is 0 Å². The summed E-state index contributed by atoms with van der Waals surface area (Å²) in [6.45, 7) is 4.09. The van der Waals surface area contributed by atoms with Crippen molar-refractivity contribution in [3.63, 3.8) is 0 Å². The maximum absolute atomic E-state index is 12.4. The zero-order chi connectivity index (χ0) is 18.1. The van der Waals surface area contributed by atoms with Gasteiger partial charge in [-0.2, -0.15) is 0 Å². The number of benzene rings is 2. The number of ether oxygens (including phenoxy) is 1. The molecule has 25 heavy (non-hydrogen) atoms. The number of carbonyl (C=O) groups is 2.